The molecule has 2 N–H and O–H groups in total. The van der Waals surface area contributed by atoms with Gasteiger partial charge in [-0.3, -0.25) is 4.79 Å². The van der Waals surface area contributed by atoms with Gasteiger partial charge in [0.25, 0.3) is 5.91 Å². The lowest BCUT2D eigenvalue weighted by molar-refractivity contribution is -0.123. The van der Waals surface area contributed by atoms with E-state index in [9.17, 15) is 4.79 Å². The summed E-state index contributed by atoms with van der Waals surface area (Å²) in [6.07, 6.45) is 3.69. The zero-order chi connectivity index (χ0) is 14.8. The molecule has 4 nitrogen and oxygen atoms in total. The minimum Gasteiger partial charge on any atom is -0.484 e. The summed E-state index contributed by atoms with van der Waals surface area (Å²) in [4.78, 5) is 11.5. The number of benzene rings is 1. The predicted octanol–water partition coefficient (Wildman–Crippen LogP) is 3.04. The molecule has 112 valence electrons. The molecule has 0 heterocycles. The number of aliphatic hydroxyl groups excluding tert-OH is 1. The Morgan fingerprint density at radius 2 is 1.90 bits per heavy atom. The molecule has 0 saturated heterocycles. The van der Waals surface area contributed by atoms with Gasteiger partial charge in [0.1, 0.15) is 5.75 Å². The second-order valence-electron chi connectivity index (χ2n) is 4.35. The van der Waals surface area contributed by atoms with Gasteiger partial charge < -0.3 is 15.2 Å². The molecular formula is C14H19Cl2NO3. The van der Waals surface area contributed by atoms with Gasteiger partial charge >= 0.3 is 0 Å². The number of hydrogen-bond acceptors (Lipinski definition) is 3. The number of aliphatic hydroxyl groups is 1. The van der Waals surface area contributed by atoms with Gasteiger partial charge in [0.05, 0.1) is 10.0 Å². The maximum atomic E-state index is 11.5. The molecule has 1 amide bonds. The van der Waals surface area contributed by atoms with Crippen LogP contribution >= 0.6 is 23.2 Å². The van der Waals surface area contributed by atoms with Crippen LogP contribution in [0.25, 0.3) is 0 Å². The number of amides is 1. The summed E-state index contributed by atoms with van der Waals surface area (Å²) in [5.74, 6) is 0.343. The molecule has 1 aromatic carbocycles. The Balaban J connectivity index is 2.15. The fourth-order valence-electron chi connectivity index (χ4n) is 1.58. The van der Waals surface area contributed by atoms with Crippen molar-refractivity contribution >= 4 is 29.1 Å². The van der Waals surface area contributed by atoms with Crippen LogP contribution in [0.15, 0.2) is 18.2 Å². The third-order valence-corrected chi connectivity index (χ3v) is 3.41. The van der Waals surface area contributed by atoms with Crippen molar-refractivity contribution < 1.29 is 14.6 Å². The van der Waals surface area contributed by atoms with E-state index >= 15 is 0 Å². The van der Waals surface area contributed by atoms with E-state index in [1.54, 1.807) is 18.2 Å². The third-order valence-electron chi connectivity index (χ3n) is 2.67. The lowest BCUT2D eigenvalue weighted by Crippen LogP contribution is -2.29. The van der Waals surface area contributed by atoms with Gasteiger partial charge in [-0.05, 0) is 25.0 Å². The molecule has 0 spiro atoms. The highest BCUT2D eigenvalue weighted by Crippen LogP contribution is 2.26. The first-order valence-electron chi connectivity index (χ1n) is 6.59. The average Bonchev–Trinajstić information content (AvgIpc) is 2.44. The second-order valence-corrected chi connectivity index (χ2v) is 5.17. The van der Waals surface area contributed by atoms with Gasteiger partial charge in [-0.15, -0.1) is 0 Å². The first kappa shape index (κ1) is 17.1. The molecule has 0 bridgehead atoms. The number of hydrogen-bond donors (Lipinski definition) is 2. The number of carbonyl (C=O) groups is 1. The van der Waals surface area contributed by atoms with Gasteiger partial charge in [0.15, 0.2) is 6.61 Å². The van der Waals surface area contributed by atoms with Crippen LogP contribution in [-0.4, -0.2) is 30.8 Å². The Kier molecular flexibility index (Phi) is 8.42. The number of ether oxygens (including phenoxy) is 1. The summed E-state index contributed by atoms with van der Waals surface area (Å²) in [5, 5.41) is 12.2. The average molecular weight is 320 g/mol. The summed E-state index contributed by atoms with van der Waals surface area (Å²) >= 11 is 11.6. The molecule has 0 saturated carbocycles. The Morgan fingerprint density at radius 3 is 2.60 bits per heavy atom. The zero-order valence-corrected chi connectivity index (χ0v) is 12.7. The number of rotatable bonds is 9. The number of unbranched alkanes of at least 4 members (excludes halogenated alkanes) is 3. The highest BCUT2D eigenvalue weighted by Gasteiger charge is 2.04. The molecule has 6 heteroatoms. The maximum absolute atomic E-state index is 11.5. The third kappa shape index (κ3) is 6.98. The first-order chi connectivity index (χ1) is 9.63. The normalized spacial score (nSPS) is 10.3. The highest BCUT2D eigenvalue weighted by atomic mass is 35.5. The van der Waals surface area contributed by atoms with Crippen LogP contribution < -0.4 is 10.1 Å². The lowest BCUT2D eigenvalue weighted by atomic mass is 10.2. The molecule has 0 aliphatic heterocycles. The molecule has 0 atom stereocenters. The molecule has 0 aliphatic carbocycles. The highest BCUT2D eigenvalue weighted by molar-refractivity contribution is 6.42. The van der Waals surface area contributed by atoms with Crippen molar-refractivity contribution in [3.63, 3.8) is 0 Å². The van der Waals surface area contributed by atoms with Gasteiger partial charge in [-0.1, -0.05) is 36.0 Å². The monoisotopic (exact) mass is 319 g/mol. The molecule has 20 heavy (non-hydrogen) atoms. The molecule has 0 fully saturated rings. The minimum absolute atomic E-state index is 0.0470. The van der Waals surface area contributed by atoms with E-state index in [2.05, 4.69) is 5.32 Å². The molecule has 1 aromatic rings. The van der Waals surface area contributed by atoms with Crippen LogP contribution in [0.4, 0.5) is 0 Å². The lowest BCUT2D eigenvalue weighted by Gasteiger charge is -2.08. The summed E-state index contributed by atoms with van der Waals surface area (Å²) < 4.78 is 5.31. The number of nitrogens with one attached hydrogen (secondary N) is 1. The largest absolute Gasteiger partial charge is 0.484 e. The fourth-order valence-corrected chi connectivity index (χ4v) is 1.87. The predicted molar refractivity (Wildman–Crippen MR) is 80.5 cm³/mol. The topological polar surface area (TPSA) is 58.6 Å². The van der Waals surface area contributed by atoms with Crippen molar-refractivity contribution in [3.8, 4) is 5.75 Å². The van der Waals surface area contributed by atoms with Crippen molar-refractivity contribution in [2.24, 2.45) is 0 Å². The van der Waals surface area contributed by atoms with E-state index in [0.717, 1.165) is 25.7 Å². The smallest absolute Gasteiger partial charge is 0.257 e. The van der Waals surface area contributed by atoms with Crippen LogP contribution in [-0.2, 0) is 4.79 Å². The van der Waals surface area contributed by atoms with Crippen LogP contribution in [0.2, 0.25) is 10.0 Å². The van der Waals surface area contributed by atoms with Crippen molar-refractivity contribution in [1.29, 1.82) is 0 Å². The Bertz CT molecular complexity index is 427. The van der Waals surface area contributed by atoms with E-state index < -0.39 is 0 Å². The Labute approximate surface area is 129 Å². The summed E-state index contributed by atoms with van der Waals surface area (Å²) in [6, 6.07) is 4.86. The van der Waals surface area contributed by atoms with E-state index in [1.165, 1.54) is 0 Å². The van der Waals surface area contributed by atoms with Crippen LogP contribution in [0.3, 0.4) is 0 Å². The van der Waals surface area contributed by atoms with Gasteiger partial charge in [-0.2, -0.15) is 0 Å². The van der Waals surface area contributed by atoms with Gasteiger partial charge in [0, 0.05) is 19.2 Å². The van der Waals surface area contributed by atoms with Gasteiger partial charge in [0.2, 0.25) is 0 Å². The van der Waals surface area contributed by atoms with Crippen LogP contribution in [0, 0.1) is 0 Å². The number of halogens is 2. The first-order valence-corrected chi connectivity index (χ1v) is 7.34. The molecular weight excluding hydrogens is 301 g/mol. The molecule has 0 unspecified atom stereocenters. The Hall–Kier alpha value is -0.970. The molecule has 0 aromatic heterocycles. The summed E-state index contributed by atoms with van der Waals surface area (Å²) in [5.41, 5.74) is 0. The SMILES string of the molecule is O=C(COc1ccc(Cl)c(Cl)c1)NCCCCCCO. The minimum atomic E-state index is -0.168. The van der Waals surface area contributed by atoms with Crippen LogP contribution in [0.5, 0.6) is 5.75 Å². The Morgan fingerprint density at radius 1 is 1.15 bits per heavy atom. The zero-order valence-electron chi connectivity index (χ0n) is 11.2. The fraction of sp³-hybridized carbons (Fsp3) is 0.500. The van der Waals surface area contributed by atoms with Crippen molar-refractivity contribution in [3.05, 3.63) is 28.2 Å². The molecule has 0 aliphatic rings. The van der Waals surface area contributed by atoms with E-state index in [4.69, 9.17) is 33.0 Å². The summed E-state index contributed by atoms with van der Waals surface area (Å²) in [6.45, 7) is 0.799. The second kappa shape index (κ2) is 9.86. The van der Waals surface area contributed by atoms with Crippen molar-refractivity contribution in [1.82, 2.24) is 5.32 Å². The maximum Gasteiger partial charge on any atom is 0.257 e. The van der Waals surface area contributed by atoms with E-state index in [1.807, 2.05) is 0 Å². The van der Waals surface area contributed by atoms with E-state index in [0.29, 0.717) is 22.3 Å². The summed E-state index contributed by atoms with van der Waals surface area (Å²) in [7, 11) is 0. The van der Waals surface area contributed by atoms with E-state index in [-0.39, 0.29) is 19.1 Å². The molecule has 1 rings (SSSR count). The van der Waals surface area contributed by atoms with Crippen LogP contribution in [0.1, 0.15) is 25.7 Å². The molecule has 0 radical (unpaired) electrons. The van der Waals surface area contributed by atoms with Crippen molar-refractivity contribution in [2.75, 3.05) is 19.8 Å². The standard InChI is InChI=1S/C14H19Cl2NO3/c15-12-6-5-11(9-13(12)16)20-10-14(19)17-7-3-1-2-4-8-18/h5-6,9,18H,1-4,7-8,10H2,(H,17,19). The van der Waals surface area contributed by atoms with Crippen molar-refractivity contribution in [2.45, 2.75) is 25.7 Å². The number of carbonyl (C=O) groups excluding carboxylic acids is 1. The quantitative estimate of drug-likeness (QED) is 0.688. The van der Waals surface area contributed by atoms with Gasteiger partial charge in [-0.25, -0.2) is 0 Å².